The average Bonchev–Trinajstić information content (AvgIpc) is 2.62. The summed E-state index contributed by atoms with van der Waals surface area (Å²) in [5.41, 5.74) is -0.370. The lowest BCUT2D eigenvalue weighted by molar-refractivity contribution is -0.384. The molecule has 0 aliphatic rings. The molecule has 2 atom stereocenters. The minimum atomic E-state index is -1.41. The van der Waals surface area contributed by atoms with Gasteiger partial charge in [0, 0.05) is 12.1 Å². The maximum atomic E-state index is 13.3. The molecule has 2 rings (SSSR count). The van der Waals surface area contributed by atoms with E-state index in [1.165, 1.54) is 12.1 Å². The van der Waals surface area contributed by atoms with Gasteiger partial charge >= 0.3 is 0 Å². The van der Waals surface area contributed by atoms with Crippen LogP contribution >= 0.6 is 11.6 Å². The Kier molecular flexibility index (Phi) is 6.19. The summed E-state index contributed by atoms with van der Waals surface area (Å²) < 4.78 is 26.4. The molecule has 0 heterocycles. The number of aliphatic hydroxyl groups excluding tert-OH is 2. The number of rotatable bonds is 6. The van der Waals surface area contributed by atoms with E-state index in [1.807, 2.05) is 0 Å². The smallest absolute Gasteiger partial charge is 0.269 e. The summed E-state index contributed by atoms with van der Waals surface area (Å²) >= 11 is 5.71. The number of carbonyl (C=O) groups is 1. The molecule has 0 bridgehead atoms. The van der Waals surface area contributed by atoms with Gasteiger partial charge in [-0.3, -0.25) is 14.9 Å². The van der Waals surface area contributed by atoms with Gasteiger partial charge in [-0.2, -0.15) is 0 Å². The molecule has 0 spiro atoms. The predicted molar refractivity (Wildman–Crippen MR) is 87.8 cm³/mol. The van der Waals surface area contributed by atoms with Gasteiger partial charge in [0.25, 0.3) is 11.6 Å². The van der Waals surface area contributed by atoms with E-state index in [0.29, 0.717) is 12.1 Å². The summed E-state index contributed by atoms with van der Waals surface area (Å²) in [6, 6.07) is 4.85. The molecular formula is C16H13ClF2N2O5. The van der Waals surface area contributed by atoms with Crippen molar-refractivity contribution >= 4 is 23.2 Å². The van der Waals surface area contributed by atoms with E-state index in [0.717, 1.165) is 12.1 Å². The Labute approximate surface area is 151 Å². The molecule has 7 nitrogen and oxygen atoms in total. The summed E-state index contributed by atoms with van der Waals surface area (Å²) in [6.07, 6.45) is -1.41. The number of hydrogen-bond donors (Lipinski definition) is 3. The highest BCUT2D eigenvalue weighted by molar-refractivity contribution is 6.33. The van der Waals surface area contributed by atoms with E-state index in [2.05, 4.69) is 5.32 Å². The molecule has 0 aliphatic heterocycles. The average molecular weight is 387 g/mol. The largest absolute Gasteiger partial charge is 0.394 e. The second kappa shape index (κ2) is 8.17. The number of aliphatic hydroxyl groups is 2. The zero-order chi connectivity index (χ0) is 19.4. The van der Waals surface area contributed by atoms with Crippen LogP contribution in [-0.2, 0) is 0 Å². The molecule has 26 heavy (non-hydrogen) atoms. The summed E-state index contributed by atoms with van der Waals surface area (Å²) in [6.45, 7) is -0.689. The Bertz CT molecular complexity index is 832. The molecule has 0 fully saturated rings. The standard InChI is InChI=1S/C16H13ClF2N2O5/c17-11-6-13(19)12(18)5-10(11)16(24)20-14(7-22)15(23)8-1-3-9(4-2-8)21(25)26/h1-6,14-15,22-23H,7H2,(H,20,24)/t14-,15+/m0/s1. The van der Waals surface area contributed by atoms with Crippen LogP contribution in [0.25, 0.3) is 0 Å². The molecule has 10 heteroatoms. The first-order valence-corrected chi connectivity index (χ1v) is 7.61. The Morgan fingerprint density at radius 3 is 2.35 bits per heavy atom. The van der Waals surface area contributed by atoms with Crippen molar-refractivity contribution in [1.82, 2.24) is 5.32 Å². The fourth-order valence-corrected chi connectivity index (χ4v) is 2.43. The third-order valence-electron chi connectivity index (χ3n) is 3.59. The van der Waals surface area contributed by atoms with Gasteiger partial charge in [0.15, 0.2) is 11.6 Å². The Hall–Kier alpha value is -2.62. The van der Waals surface area contributed by atoms with Gasteiger partial charge in [-0.1, -0.05) is 11.6 Å². The molecular weight excluding hydrogens is 374 g/mol. The lowest BCUT2D eigenvalue weighted by Gasteiger charge is -2.23. The first-order valence-electron chi connectivity index (χ1n) is 7.23. The van der Waals surface area contributed by atoms with Crippen LogP contribution in [0.15, 0.2) is 36.4 Å². The molecule has 0 saturated heterocycles. The number of nitrogens with one attached hydrogen (secondary N) is 1. The summed E-state index contributed by atoms with van der Waals surface area (Å²) in [7, 11) is 0. The number of halogens is 3. The second-order valence-corrected chi connectivity index (χ2v) is 5.71. The normalized spacial score (nSPS) is 13.1. The number of nitro benzene ring substituents is 1. The summed E-state index contributed by atoms with van der Waals surface area (Å²) in [4.78, 5) is 22.2. The van der Waals surface area contributed by atoms with Crippen molar-refractivity contribution in [3.8, 4) is 0 Å². The van der Waals surface area contributed by atoms with E-state index in [9.17, 15) is 33.9 Å². The fourth-order valence-electron chi connectivity index (χ4n) is 2.19. The third kappa shape index (κ3) is 4.31. The monoisotopic (exact) mass is 386 g/mol. The van der Waals surface area contributed by atoms with Crippen molar-refractivity contribution < 1.29 is 28.7 Å². The number of amides is 1. The van der Waals surface area contributed by atoms with Crippen LogP contribution in [0.4, 0.5) is 14.5 Å². The lowest BCUT2D eigenvalue weighted by Crippen LogP contribution is -2.42. The number of benzene rings is 2. The highest BCUT2D eigenvalue weighted by Crippen LogP contribution is 2.23. The summed E-state index contributed by atoms with van der Waals surface area (Å²) in [5, 5.41) is 32.2. The number of nitrogens with zero attached hydrogens (tertiary/aromatic N) is 1. The quantitative estimate of drug-likeness (QED) is 0.401. The van der Waals surface area contributed by atoms with Gasteiger partial charge in [0.2, 0.25) is 0 Å². The van der Waals surface area contributed by atoms with E-state index in [1.54, 1.807) is 0 Å². The molecule has 1 amide bonds. The van der Waals surface area contributed by atoms with E-state index < -0.39 is 41.2 Å². The molecule has 0 radical (unpaired) electrons. The number of non-ortho nitro benzene ring substituents is 1. The van der Waals surface area contributed by atoms with Crippen LogP contribution in [-0.4, -0.2) is 33.7 Å². The second-order valence-electron chi connectivity index (χ2n) is 5.30. The van der Waals surface area contributed by atoms with Gasteiger partial charge in [0.05, 0.1) is 28.2 Å². The molecule has 138 valence electrons. The highest BCUT2D eigenvalue weighted by Gasteiger charge is 2.25. The van der Waals surface area contributed by atoms with Crippen LogP contribution in [0.3, 0.4) is 0 Å². The molecule has 0 saturated carbocycles. The Morgan fingerprint density at radius 1 is 1.23 bits per heavy atom. The summed E-state index contributed by atoms with van der Waals surface area (Å²) in [5.74, 6) is -3.44. The molecule has 0 aromatic heterocycles. The topological polar surface area (TPSA) is 113 Å². The SMILES string of the molecule is O=C(N[C@@H](CO)[C@H](O)c1ccc([N+](=O)[O-])cc1)c1cc(F)c(F)cc1Cl. The Balaban J connectivity index is 2.19. The number of carbonyl (C=O) groups excluding carboxylic acids is 1. The van der Waals surface area contributed by atoms with E-state index in [-0.39, 0.29) is 21.8 Å². The van der Waals surface area contributed by atoms with Crippen LogP contribution in [0.1, 0.15) is 22.0 Å². The molecule has 2 aromatic carbocycles. The van der Waals surface area contributed by atoms with E-state index in [4.69, 9.17) is 11.6 Å². The van der Waals surface area contributed by atoms with Crippen molar-refractivity contribution in [1.29, 1.82) is 0 Å². The minimum Gasteiger partial charge on any atom is -0.394 e. The maximum Gasteiger partial charge on any atom is 0.269 e. The maximum absolute atomic E-state index is 13.3. The van der Waals surface area contributed by atoms with Crippen molar-refractivity contribution in [2.75, 3.05) is 6.61 Å². The first kappa shape index (κ1) is 19.7. The Morgan fingerprint density at radius 2 is 1.81 bits per heavy atom. The van der Waals surface area contributed by atoms with Crippen molar-refractivity contribution in [3.63, 3.8) is 0 Å². The molecule has 0 aliphatic carbocycles. The van der Waals surface area contributed by atoms with E-state index >= 15 is 0 Å². The van der Waals surface area contributed by atoms with Crippen LogP contribution in [0.2, 0.25) is 5.02 Å². The van der Waals surface area contributed by atoms with Gasteiger partial charge < -0.3 is 15.5 Å². The number of nitro groups is 1. The predicted octanol–water partition coefficient (Wildman–Crippen LogP) is 2.35. The first-order chi connectivity index (χ1) is 12.2. The van der Waals surface area contributed by atoms with Crippen LogP contribution < -0.4 is 5.32 Å². The molecule has 3 N–H and O–H groups in total. The van der Waals surface area contributed by atoms with Crippen molar-refractivity contribution in [2.45, 2.75) is 12.1 Å². The van der Waals surface area contributed by atoms with Gasteiger partial charge in [-0.05, 0) is 29.8 Å². The zero-order valence-electron chi connectivity index (χ0n) is 13.0. The van der Waals surface area contributed by atoms with Crippen LogP contribution in [0.5, 0.6) is 0 Å². The molecule has 2 aromatic rings. The van der Waals surface area contributed by atoms with Crippen molar-refractivity contribution in [2.24, 2.45) is 0 Å². The zero-order valence-corrected chi connectivity index (χ0v) is 13.8. The molecule has 0 unspecified atom stereocenters. The lowest BCUT2D eigenvalue weighted by atomic mass is 10.0. The van der Waals surface area contributed by atoms with Gasteiger partial charge in [-0.25, -0.2) is 8.78 Å². The number of hydrogen-bond acceptors (Lipinski definition) is 5. The van der Waals surface area contributed by atoms with Gasteiger partial charge in [0.1, 0.15) is 6.10 Å². The fraction of sp³-hybridized carbons (Fsp3) is 0.188. The highest BCUT2D eigenvalue weighted by atomic mass is 35.5. The van der Waals surface area contributed by atoms with Crippen LogP contribution in [0, 0.1) is 21.7 Å². The van der Waals surface area contributed by atoms with Crippen molar-refractivity contribution in [3.05, 3.63) is 74.3 Å². The third-order valence-corrected chi connectivity index (χ3v) is 3.91. The minimum absolute atomic E-state index is 0.195. The van der Waals surface area contributed by atoms with Gasteiger partial charge in [-0.15, -0.1) is 0 Å².